The number of benzene rings is 1. The van der Waals surface area contributed by atoms with Crippen LogP contribution in [0.25, 0.3) is 11.0 Å². The summed E-state index contributed by atoms with van der Waals surface area (Å²) in [6.07, 6.45) is 2.35. The van der Waals surface area contributed by atoms with Gasteiger partial charge in [0.1, 0.15) is 0 Å². The Bertz CT molecular complexity index is 640. The quantitative estimate of drug-likeness (QED) is 0.931. The van der Waals surface area contributed by atoms with Gasteiger partial charge in [0.15, 0.2) is 11.6 Å². The number of anilines is 1. The molecule has 1 aliphatic rings. The maximum Gasteiger partial charge on any atom is 0.201 e. The number of rotatable bonds is 3. The summed E-state index contributed by atoms with van der Waals surface area (Å²) in [6.45, 7) is 1.88. The summed E-state index contributed by atoms with van der Waals surface area (Å²) in [7, 11) is 3.58. The predicted molar refractivity (Wildman–Crippen MR) is 76.3 cm³/mol. The van der Waals surface area contributed by atoms with Gasteiger partial charge in [-0.3, -0.25) is 0 Å². The number of hydrogen-bond acceptors (Lipinski definition) is 4. The van der Waals surface area contributed by atoms with Crippen molar-refractivity contribution < 1.29 is 9.13 Å². The van der Waals surface area contributed by atoms with E-state index >= 15 is 0 Å². The van der Waals surface area contributed by atoms with Crippen LogP contribution in [-0.2, 0) is 6.54 Å². The smallest absolute Gasteiger partial charge is 0.201 e. The molecule has 108 valence electrons. The topological polar surface area (TPSA) is 56.3 Å². The molecule has 0 bridgehead atoms. The van der Waals surface area contributed by atoms with Crippen molar-refractivity contribution in [2.75, 3.05) is 26.4 Å². The first-order chi connectivity index (χ1) is 9.60. The zero-order chi connectivity index (χ0) is 14.3. The summed E-state index contributed by atoms with van der Waals surface area (Å²) in [5.74, 6) is 0.231. The highest BCUT2D eigenvalue weighted by atomic mass is 19.1. The van der Waals surface area contributed by atoms with Crippen LogP contribution in [0.1, 0.15) is 12.8 Å². The van der Waals surface area contributed by atoms with E-state index in [0.717, 1.165) is 25.0 Å². The molecule has 1 unspecified atom stereocenters. The molecule has 6 heteroatoms. The van der Waals surface area contributed by atoms with Crippen molar-refractivity contribution >= 4 is 17.0 Å². The van der Waals surface area contributed by atoms with Gasteiger partial charge in [-0.25, -0.2) is 9.37 Å². The molecule has 0 spiro atoms. The number of halogens is 1. The van der Waals surface area contributed by atoms with Crippen molar-refractivity contribution in [3.63, 3.8) is 0 Å². The van der Waals surface area contributed by atoms with Gasteiger partial charge >= 0.3 is 0 Å². The lowest BCUT2D eigenvalue weighted by atomic mass is 10.2. The van der Waals surface area contributed by atoms with Crippen molar-refractivity contribution in [3.8, 4) is 5.75 Å². The molecular formula is C14H19FN4O. The lowest BCUT2D eigenvalue weighted by molar-refractivity contribution is 0.285. The van der Waals surface area contributed by atoms with Crippen LogP contribution in [0.4, 0.5) is 10.3 Å². The van der Waals surface area contributed by atoms with Crippen LogP contribution in [0.3, 0.4) is 0 Å². The van der Waals surface area contributed by atoms with Crippen molar-refractivity contribution in [1.82, 2.24) is 14.5 Å². The Labute approximate surface area is 117 Å². The third-order valence-corrected chi connectivity index (χ3v) is 4.12. The van der Waals surface area contributed by atoms with Crippen LogP contribution < -0.4 is 10.5 Å². The molecule has 1 saturated heterocycles. The first-order valence-corrected chi connectivity index (χ1v) is 6.79. The highest BCUT2D eigenvalue weighted by Crippen LogP contribution is 2.28. The Morgan fingerprint density at radius 1 is 1.50 bits per heavy atom. The third kappa shape index (κ3) is 2.10. The van der Waals surface area contributed by atoms with Crippen molar-refractivity contribution in [3.05, 3.63) is 17.9 Å². The summed E-state index contributed by atoms with van der Waals surface area (Å²) in [5.41, 5.74) is 7.38. The maximum atomic E-state index is 13.7. The molecule has 0 saturated carbocycles. The number of hydrogen-bond donors (Lipinski definition) is 1. The lowest BCUT2D eigenvalue weighted by Crippen LogP contribution is -2.29. The number of fused-ring (bicyclic) bond motifs is 1. The van der Waals surface area contributed by atoms with Crippen molar-refractivity contribution in [2.24, 2.45) is 0 Å². The van der Waals surface area contributed by atoms with Crippen LogP contribution in [0.15, 0.2) is 12.1 Å². The van der Waals surface area contributed by atoms with Crippen LogP contribution in [-0.4, -0.2) is 41.2 Å². The second-order valence-electron chi connectivity index (χ2n) is 5.33. The molecule has 2 heterocycles. The fraction of sp³-hybridized carbons (Fsp3) is 0.500. The van der Waals surface area contributed by atoms with Crippen LogP contribution >= 0.6 is 0 Å². The molecule has 1 aliphatic heterocycles. The van der Waals surface area contributed by atoms with Gasteiger partial charge in [-0.05, 0) is 26.4 Å². The minimum Gasteiger partial charge on any atom is -0.494 e. The number of imidazole rings is 1. The predicted octanol–water partition coefficient (Wildman–Crippen LogP) is 1.86. The number of nitrogens with two attached hydrogens (primary N) is 1. The Morgan fingerprint density at radius 3 is 2.95 bits per heavy atom. The van der Waals surface area contributed by atoms with Gasteiger partial charge in [0, 0.05) is 24.7 Å². The monoisotopic (exact) mass is 278 g/mol. The number of nitrogens with zero attached hydrogens (tertiary/aromatic N) is 3. The van der Waals surface area contributed by atoms with E-state index in [1.54, 1.807) is 6.07 Å². The Kier molecular flexibility index (Phi) is 3.25. The zero-order valence-electron chi connectivity index (χ0n) is 11.8. The van der Waals surface area contributed by atoms with Crippen molar-refractivity contribution in [2.45, 2.75) is 25.4 Å². The van der Waals surface area contributed by atoms with E-state index in [9.17, 15) is 4.39 Å². The molecular weight excluding hydrogens is 259 g/mol. The van der Waals surface area contributed by atoms with Gasteiger partial charge in [-0.1, -0.05) is 0 Å². The second kappa shape index (κ2) is 4.94. The van der Waals surface area contributed by atoms with Crippen molar-refractivity contribution in [1.29, 1.82) is 0 Å². The number of nitrogen functional groups attached to an aromatic ring is 1. The van der Waals surface area contributed by atoms with E-state index in [-0.39, 0.29) is 5.75 Å². The summed E-state index contributed by atoms with van der Waals surface area (Å²) in [5, 5.41) is 0. The molecule has 1 aromatic heterocycles. The normalized spacial score (nSPS) is 19.9. The van der Waals surface area contributed by atoms with Gasteiger partial charge in [0.25, 0.3) is 0 Å². The van der Waals surface area contributed by atoms with Crippen LogP contribution in [0, 0.1) is 5.82 Å². The third-order valence-electron chi connectivity index (χ3n) is 4.12. The van der Waals surface area contributed by atoms with E-state index in [4.69, 9.17) is 10.5 Å². The average molecular weight is 278 g/mol. The summed E-state index contributed by atoms with van der Waals surface area (Å²) >= 11 is 0. The van der Waals surface area contributed by atoms with E-state index in [1.165, 1.54) is 19.6 Å². The van der Waals surface area contributed by atoms with E-state index in [1.807, 2.05) is 4.57 Å². The molecule has 1 aromatic carbocycles. The number of likely N-dealkylation sites (tertiary alicyclic amines) is 1. The number of methoxy groups -OCH3 is 1. The van der Waals surface area contributed by atoms with E-state index in [2.05, 4.69) is 16.9 Å². The minimum atomic E-state index is -0.414. The van der Waals surface area contributed by atoms with Gasteiger partial charge < -0.3 is 19.9 Å². The Morgan fingerprint density at radius 2 is 2.30 bits per heavy atom. The highest BCUT2D eigenvalue weighted by molar-refractivity contribution is 5.80. The molecule has 0 aliphatic carbocycles. The maximum absolute atomic E-state index is 13.7. The molecule has 5 nitrogen and oxygen atoms in total. The summed E-state index contributed by atoms with van der Waals surface area (Å²) in [4.78, 5) is 6.57. The molecule has 20 heavy (non-hydrogen) atoms. The lowest BCUT2D eigenvalue weighted by Gasteiger charge is -2.20. The molecule has 2 aromatic rings. The van der Waals surface area contributed by atoms with Gasteiger partial charge in [-0.2, -0.15) is 0 Å². The molecule has 0 radical (unpaired) electrons. The summed E-state index contributed by atoms with van der Waals surface area (Å²) in [6, 6.07) is 3.49. The van der Waals surface area contributed by atoms with Gasteiger partial charge in [0.05, 0.1) is 18.1 Å². The zero-order valence-corrected chi connectivity index (χ0v) is 11.8. The first kappa shape index (κ1) is 13.2. The van der Waals surface area contributed by atoms with E-state index in [0.29, 0.717) is 17.5 Å². The molecule has 2 N–H and O–H groups in total. The Balaban J connectivity index is 2.03. The van der Waals surface area contributed by atoms with Gasteiger partial charge in [-0.15, -0.1) is 0 Å². The summed E-state index contributed by atoms with van der Waals surface area (Å²) < 4.78 is 20.7. The fourth-order valence-electron chi connectivity index (χ4n) is 2.91. The number of likely N-dealkylation sites (N-methyl/N-ethyl adjacent to an activating group) is 1. The molecule has 3 rings (SSSR count). The number of aromatic nitrogens is 2. The Hall–Kier alpha value is -1.82. The molecule has 1 fully saturated rings. The van der Waals surface area contributed by atoms with E-state index < -0.39 is 5.82 Å². The highest BCUT2D eigenvalue weighted by Gasteiger charge is 2.23. The van der Waals surface area contributed by atoms with Gasteiger partial charge in [0.2, 0.25) is 5.95 Å². The molecule has 1 atom stereocenters. The largest absolute Gasteiger partial charge is 0.494 e. The fourth-order valence-corrected chi connectivity index (χ4v) is 2.91. The van der Waals surface area contributed by atoms with Crippen LogP contribution in [0.2, 0.25) is 0 Å². The average Bonchev–Trinajstić information content (AvgIpc) is 2.94. The SMILES string of the molecule is COc1cc2c(cc1F)nc(N)n2CC1CCCN1C. The second-order valence-corrected chi connectivity index (χ2v) is 5.33. The minimum absolute atomic E-state index is 0.221. The first-order valence-electron chi connectivity index (χ1n) is 6.79. The standard InChI is InChI=1S/C14H19FN4O/c1-18-5-3-4-9(18)8-19-12-7-13(20-2)10(15)6-11(12)17-14(19)16/h6-7,9H,3-5,8H2,1-2H3,(H2,16,17). The number of ether oxygens (including phenoxy) is 1. The van der Waals surface area contributed by atoms with Crippen LogP contribution in [0.5, 0.6) is 5.75 Å². The molecule has 0 amide bonds.